The van der Waals surface area contributed by atoms with Crippen molar-refractivity contribution in [3.8, 4) is 28.7 Å². The smallest absolute Gasteiger partial charge is 0.278 e. The van der Waals surface area contributed by atoms with Crippen LogP contribution in [0.5, 0.6) is 28.7 Å². The van der Waals surface area contributed by atoms with Crippen molar-refractivity contribution in [1.82, 2.24) is 30.6 Å². The summed E-state index contributed by atoms with van der Waals surface area (Å²) < 4.78 is 131. The molecule has 0 saturated carbocycles. The number of amides is 6. The molecule has 8 rings (SSSR count). The lowest BCUT2D eigenvalue weighted by atomic mass is 10.1. The summed E-state index contributed by atoms with van der Waals surface area (Å²) in [7, 11) is -13.6. The van der Waals surface area contributed by atoms with Gasteiger partial charge in [0.1, 0.15) is 37.7 Å². The Morgan fingerprint density at radius 3 is 1.09 bits per heavy atom. The highest BCUT2D eigenvalue weighted by molar-refractivity contribution is 7.93. The van der Waals surface area contributed by atoms with Crippen molar-refractivity contribution in [3.63, 3.8) is 0 Å². The van der Waals surface area contributed by atoms with Crippen molar-refractivity contribution in [3.05, 3.63) is 205 Å². The average Bonchev–Trinajstić information content (AvgIpc) is 0.797. The number of phenols is 4. The van der Waals surface area contributed by atoms with E-state index >= 15 is 0 Å². The maximum Gasteiger partial charge on any atom is 0.278 e. The summed E-state index contributed by atoms with van der Waals surface area (Å²) in [6.45, 7) is 22.9. The fraction of sp³-hybridized carbons (Fsp3) is 0.505. The molecule has 826 valence electrons. The van der Waals surface area contributed by atoms with Gasteiger partial charge < -0.3 is 55.1 Å². The zero-order valence-corrected chi connectivity index (χ0v) is 94.0. The Kier molecular flexibility index (Phi) is 59.0. The number of hydrogen-bond donors (Lipinski definition) is 12. The van der Waals surface area contributed by atoms with Gasteiger partial charge in [0.2, 0.25) is 5.91 Å². The van der Waals surface area contributed by atoms with Crippen LogP contribution in [0.25, 0.3) is 0 Å². The van der Waals surface area contributed by atoms with Gasteiger partial charge >= 0.3 is 0 Å². The molecule has 0 atom stereocenters. The third kappa shape index (κ3) is 43.5. The van der Waals surface area contributed by atoms with Crippen LogP contribution in [-0.4, -0.2) is 201 Å². The molecule has 0 aromatic heterocycles. The Labute approximate surface area is 898 Å². The SMILES string of the molecule is CCCCCCCCCCCCN(O)C(=O)c1ccccc1S(=O)(=O)Nc1cc(Cl)c(O)c(C(=O)N(CCOC)CCOC)c1.CCCCCCCCCCCCNNC(=O)c1ccccc1S(=O)(=O)Nc1cc(C)c(O)c(C(=O)N(CCC)CCC)c1.CCCCCCCCCCCCOc1ccc(S(=O)(=O)Nc2cc(C)c(O)c(C(=O)N(CC)CC)c2)c(C(N)=O)c1.Cc1ccccc1S(=O)(=O)Nc1cc(Cl)c(O)c(Cl)c1. The molecule has 0 saturated heterocycles. The molecule has 0 aliphatic carbocycles. The number of aromatic hydroxyl groups is 4. The standard InChI is InChI=1S/C33H52N4O5S.C32H48ClN3O8S.C31H47N3O6S.C13H11Cl2NO3S/c1-5-8-9-10-11-12-13-14-15-18-21-34-35-32(39)28-19-16-17-20-30(28)43(41,42)36-27-24-26(4)31(38)29(25-27)33(40)37(22-6-2)23-7-3;1-4-5-6-7-8-9-10-11-12-15-18-36(40)32(39)26-16-13-14-17-29(26)45(41,42)34-25-23-27(30(37)28(33)24-25)31(38)35(19-21-43-2)20-22-44-3;1-5-8-9-10-11-12-13-14-15-16-19-40-25-17-18-28(26(22-25)30(32)36)41(38,39)33-24-20-23(4)29(35)27(21-24)31(37)34(6-2)7-3;1-8-4-2-3-5-12(8)20(18,19)16-9-6-10(14)13(17)11(15)7-9/h16-17,19-20,24-25,34,36,38H,5-15,18,21-23H2,1-4H3,(H,35,39);13-14,16-17,23-24,34,37,40H,4-12,15,18-22H2,1-3H3;17-18,20-22,33,35H,5-16,19H2,1-4H3,(H2,32,36);2-7,16-17H,1H3. The highest BCUT2D eigenvalue weighted by Crippen LogP contribution is 2.39. The minimum atomic E-state index is -4.40. The Balaban J connectivity index is 0.000000359. The summed E-state index contributed by atoms with van der Waals surface area (Å²) in [6, 6.07) is 32.6. The number of rotatable bonds is 65. The maximum absolute atomic E-state index is 13.5. The van der Waals surface area contributed by atoms with Crippen LogP contribution < -0.4 is 40.2 Å². The van der Waals surface area contributed by atoms with Crippen molar-refractivity contribution >= 4 is 133 Å². The fourth-order valence-electron chi connectivity index (χ4n) is 16.2. The van der Waals surface area contributed by atoms with Gasteiger partial charge in [0.05, 0.1) is 95.9 Å². The first-order chi connectivity index (χ1) is 71.1. The van der Waals surface area contributed by atoms with Crippen molar-refractivity contribution in [2.75, 3.05) is 105 Å². The molecular formula is C109H158Cl3N11O22S4. The quantitative estimate of drug-likeness (QED) is 0.00729. The predicted molar refractivity (Wildman–Crippen MR) is 592 cm³/mol. The van der Waals surface area contributed by atoms with E-state index in [4.69, 9.17) is 54.7 Å². The second-order valence-corrected chi connectivity index (χ2v) is 44.3. The van der Waals surface area contributed by atoms with Gasteiger partial charge in [0, 0.05) is 66.6 Å². The number of nitrogens with zero attached hydrogens (tertiary/aromatic N) is 4. The summed E-state index contributed by atoms with van der Waals surface area (Å²) in [5.41, 5.74) is 12.0. The molecule has 0 fully saturated rings. The number of anilines is 4. The fourth-order valence-corrected chi connectivity index (χ4v) is 21.9. The number of nitrogens with one attached hydrogen (secondary N) is 6. The molecule has 0 unspecified atom stereocenters. The van der Waals surface area contributed by atoms with Gasteiger partial charge in [-0.05, 0) is 180 Å². The Bertz CT molecular complexity index is 6010. The number of sulfonamides is 4. The van der Waals surface area contributed by atoms with Crippen LogP contribution in [0.2, 0.25) is 15.1 Å². The van der Waals surface area contributed by atoms with E-state index in [-0.39, 0.29) is 147 Å². The molecule has 149 heavy (non-hydrogen) atoms. The van der Waals surface area contributed by atoms with E-state index in [1.165, 1.54) is 256 Å². The van der Waals surface area contributed by atoms with E-state index in [9.17, 15) is 88.1 Å². The van der Waals surface area contributed by atoms with Gasteiger partial charge in [0.25, 0.3) is 69.6 Å². The van der Waals surface area contributed by atoms with Crippen LogP contribution >= 0.6 is 34.8 Å². The Morgan fingerprint density at radius 2 is 0.671 bits per heavy atom. The van der Waals surface area contributed by atoms with E-state index in [1.807, 2.05) is 27.7 Å². The molecule has 0 aliphatic rings. The molecule has 40 heteroatoms. The summed E-state index contributed by atoms with van der Waals surface area (Å²) in [6.07, 6.45) is 36.7. The molecular weight excluding hydrogens is 2050 g/mol. The number of nitrogens with two attached hydrogens (primary N) is 1. The first-order valence-electron chi connectivity index (χ1n) is 51.8. The number of aryl methyl sites for hydroxylation is 3. The number of hydrazine groups is 1. The molecule has 0 radical (unpaired) electrons. The number of carbonyl (C=O) groups excluding carboxylic acids is 6. The minimum absolute atomic E-state index is 0.00515. The van der Waals surface area contributed by atoms with E-state index in [0.717, 1.165) is 76.7 Å². The highest BCUT2D eigenvalue weighted by atomic mass is 35.5. The lowest BCUT2D eigenvalue weighted by Crippen LogP contribution is -2.38. The highest BCUT2D eigenvalue weighted by Gasteiger charge is 2.32. The number of primary amides is 1. The molecule has 0 aliphatic heterocycles. The topological polar surface area (TPSA) is 479 Å². The normalized spacial score (nSPS) is 11.4. The number of hydroxylamine groups is 2. The third-order valence-corrected chi connectivity index (χ3v) is 31.1. The number of unbranched alkanes of at least 4 members (excludes halogenated alkanes) is 27. The van der Waals surface area contributed by atoms with Crippen LogP contribution in [0.4, 0.5) is 22.7 Å². The molecule has 6 amide bonds. The van der Waals surface area contributed by atoms with Crippen molar-refractivity contribution in [1.29, 1.82) is 0 Å². The summed E-state index contributed by atoms with van der Waals surface area (Å²) >= 11 is 17.7. The number of halogens is 3. The van der Waals surface area contributed by atoms with Crippen molar-refractivity contribution < 1.29 is 102 Å². The lowest BCUT2D eigenvalue weighted by molar-refractivity contribution is -0.0591. The van der Waals surface area contributed by atoms with Crippen LogP contribution in [0.15, 0.2) is 159 Å². The number of carbonyl (C=O) groups is 6. The second kappa shape index (κ2) is 68.3. The number of phenolic OH excluding ortho intramolecular Hbond substituents is 4. The van der Waals surface area contributed by atoms with Gasteiger partial charge in [-0.25, -0.2) is 44.2 Å². The van der Waals surface area contributed by atoms with Crippen LogP contribution in [0.1, 0.15) is 333 Å². The van der Waals surface area contributed by atoms with Crippen molar-refractivity contribution in [2.24, 2.45) is 5.73 Å². The number of ether oxygens (including phenoxy) is 3. The largest absolute Gasteiger partial charge is 0.507 e. The molecule has 33 nitrogen and oxygen atoms in total. The van der Waals surface area contributed by atoms with Gasteiger partial charge in [-0.1, -0.05) is 285 Å². The maximum atomic E-state index is 13.5. The van der Waals surface area contributed by atoms with E-state index in [2.05, 4.69) is 50.5 Å². The van der Waals surface area contributed by atoms with E-state index in [1.54, 1.807) is 56.0 Å². The van der Waals surface area contributed by atoms with Gasteiger partial charge in [-0.15, -0.1) is 0 Å². The monoisotopic (exact) mass is 2210 g/mol. The van der Waals surface area contributed by atoms with Crippen LogP contribution in [0.3, 0.4) is 0 Å². The zero-order valence-electron chi connectivity index (χ0n) is 88.5. The predicted octanol–water partition coefficient (Wildman–Crippen LogP) is 23.4. The summed E-state index contributed by atoms with van der Waals surface area (Å²) in [5, 5.41) is 51.8. The average molecular weight is 2210 g/mol. The zero-order chi connectivity index (χ0) is 110. The molecule has 0 bridgehead atoms. The third-order valence-electron chi connectivity index (χ3n) is 24.4. The van der Waals surface area contributed by atoms with Gasteiger partial charge in [-0.2, -0.15) is 0 Å². The lowest BCUT2D eigenvalue weighted by Gasteiger charge is -2.23. The molecule has 13 N–H and O–H groups in total. The molecule has 0 heterocycles. The van der Waals surface area contributed by atoms with Crippen molar-refractivity contribution in [2.45, 2.75) is 294 Å². The van der Waals surface area contributed by atoms with E-state index in [0.29, 0.717) is 73.3 Å². The molecule has 0 spiro atoms. The Hall–Kier alpha value is -10.7. The number of benzene rings is 8. The molecule has 8 aromatic carbocycles. The second-order valence-electron chi connectivity index (χ2n) is 36.5. The number of methoxy groups -OCH3 is 2. The Morgan fingerprint density at radius 1 is 0.329 bits per heavy atom. The first kappa shape index (κ1) is 129. The van der Waals surface area contributed by atoms with Crippen LogP contribution in [0, 0.1) is 20.8 Å². The molecule has 8 aromatic rings. The van der Waals surface area contributed by atoms with Gasteiger partial charge in [-0.3, -0.25) is 58.3 Å². The minimum Gasteiger partial charge on any atom is -0.507 e. The summed E-state index contributed by atoms with van der Waals surface area (Å²) in [4.78, 5) is 81.5. The van der Waals surface area contributed by atoms with Gasteiger partial charge in [0.15, 0.2) is 5.75 Å². The van der Waals surface area contributed by atoms with E-state index < -0.39 is 75.4 Å². The number of hydrogen-bond acceptors (Lipinski definition) is 23. The summed E-state index contributed by atoms with van der Waals surface area (Å²) in [5.74, 6) is -4.53. The first-order valence-corrected chi connectivity index (χ1v) is 58.8. The van der Waals surface area contributed by atoms with Crippen LogP contribution in [-0.2, 0) is 49.6 Å².